The smallest absolute Gasteiger partial charge is 0.404 e. The number of amides is 1. The quantitative estimate of drug-likeness (QED) is 0.823. The highest BCUT2D eigenvalue weighted by atomic mass is 35.5. The number of carbonyl (C=O) groups excluding carboxylic acids is 1. The number of nitrogen functional groups attached to an aromatic ring is 1. The molecule has 1 amide bonds. The van der Waals surface area contributed by atoms with Crippen LogP contribution in [0, 0.1) is 11.3 Å². The van der Waals surface area contributed by atoms with Crippen molar-refractivity contribution in [3.05, 3.63) is 11.2 Å². The van der Waals surface area contributed by atoms with E-state index in [0.29, 0.717) is 17.6 Å². The summed E-state index contributed by atoms with van der Waals surface area (Å²) in [7, 11) is 0. The molecule has 0 saturated carbocycles. The molecule has 8 heteroatoms. The van der Waals surface area contributed by atoms with Crippen molar-refractivity contribution in [2.45, 2.75) is 33.2 Å². The van der Waals surface area contributed by atoms with E-state index in [4.69, 9.17) is 27.8 Å². The van der Waals surface area contributed by atoms with Crippen molar-refractivity contribution >= 4 is 29.5 Å². The standard InChI is InChI=1S/C14H22ClN5O2/c1-14(2,3)11-8(7-22-13(17)21)4-5-20(11)10-6-9(15)18-12(16)19-10/h6,8,11H,4-5,7H2,1-3H3,(H2,17,21)(H2,16,18,19)/t8-,11?/m0/s1. The first-order chi connectivity index (χ1) is 10.2. The van der Waals surface area contributed by atoms with Crippen LogP contribution in [-0.2, 0) is 4.74 Å². The zero-order valence-corrected chi connectivity index (χ0v) is 13.8. The number of hydrogen-bond acceptors (Lipinski definition) is 6. The summed E-state index contributed by atoms with van der Waals surface area (Å²) >= 11 is 5.99. The number of aromatic nitrogens is 2. The molecule has 22 heavy (non-hydrogen) atoms. The van der Waals surface area contributed by atoms with Crippen molar-refractivity contribution in [1.82, 2.24) is 9.97 Å². The van der Waals surface area contributed by atoms with E-state index >= 15 is 0 Å². The first-order valence-electron chi connectivity index (χ1n) is 7.17. The SMILES string of the molecule is CC(C)(C)C1[C@H](COC(N)=O)CCN1c1cc(Cl)nc(N)n1. The van der Waals surface area contributed by atoms with Crippen LogP contribution in [0.2, 0.25) is 5.15 Å². The number of anilines is 2. The van der Waals surface area contributed by atoms with Crippen molar-refractivity contribution in [1.29, 1.82) is 0 Å². The molecule has 1 aromatic rings. The van der Waals surface area contributed by atoms with Gasteiger partial charge in [-0.2, -0.15) is 4.98 Å². The number of nitrogens with two attached hydrogens (primary N) is 2. The van der Waals surface area contributed by atoms with Crippen LogP contribution < -0.4 is 16.4 Å². The van der Waals surface area contributed by atoms with Crippen LogP contribution in [0.4, 0.5) is 16.6 Å². The maximum atomic E-state index is 10.9. The van der Waals surface area contributed by atoms with Gasteiger partial charge in [0, 0.05) is 24.6 Å². The summed E-state index contributed by atoms with van der Waals surface area (Å²) in [5.41, 5.74) is 10.7. The Hall–Kier alpha value is -1.76. The lowest BCUT2D eigenvalue weighted by Crippen LogP contribution is -2.45. The molecule has 0 bridgehead atoms. The van der Waals surface area contributed by atoms with E-state index in [-0.39, 0.29) is 23.3 Å². The van der Waals surface area contributed by atoms with Gasteiger partial charge in [0.2, 0.25) is 5.95 Å². The molecule has 0 radical (unpaired) electrons. The highest BCUT2D eigenvalue weighted by Gasteiger charge is 2.42. The minimum absolute atomic E-state index is 0.0473. The zero-order valence-electron chi connectivity index (χ0n) is 13.0. The van der Waals surface area contributed by atoms with E-state index in [1.165, 1.54) is 0 Å². The molecular formula is C14H22ClN5O2. The van der Waals surface area contributed by atoms with E-state index < -0.39 is 6.09 Å². The Balaban J connectivity index is 2.28. The lowest BCUT2D eigenvalue weighted by molar-refractivity contribution is 0.118. The number of halogens is 1. The molecule has 1 aliphatic rings. The Morgan fingerprint density at radius 3 is 2.73 bits per heavy atom. The molecule has 1 unspecified atom stereocenters. The summed E-state index contributed by atoms with van der Waals surface area (Å²) in [6.07, 6.45) is 0.122. The van der Waals surface area contributed by atoms with E-state index in [1.807, 2.05) is 0 Å². The number of rotatable bonds is 3. The molecule has 7 nitrogen and oxygen atoms in total. The average Bonchev–Trinajstić information content (AvgIpc) is 2.78. The van der Waals surface area contributed by atoms with Gasteiger partial charge in [0.05, 0.1) is 6.61 Å². The van der Waals surface area contributed by atoms with Gasteiger partial charge >= 0.3 is 6.09 Å². The Morgan fingerprint density at radius 1 is 1.50 bits per heavy atom. The third-order valence-corrected chi connectivity index (χ3v) is 4.04. The number of hydrogen-bond donors (Lipinski definition) is 2. The van der Waals surface area contributed by atoms with E-state index in [2.05, 4.69) is 35.6 Å². The van der Waals surface area contributed by atoms with Gasteiger partial charge in [-0.25, -0.2) is 9.78 Å². The average molecular weight is 328 g/mol. The topological polar surface area (TPSA) is 107 Å². The summed E-state index contributed by atoms with van der Waals surface area (Å²) in [6.45, 7) is 7.49. The van der Waals surface area contributed by atoms with Crippen molar-refractivity contribution < 1.29 is 9.53 Å². The number of primary amides is 1. The van der Waals surface area contributed by atoms with Gasteiger partial charge in [0.1, 0.15) is 11.0 Å². The molecule has 4 N–H and O–H groups in total. The Labute approximate surface area is 135 Å². The van der Waals surface area contributed by atoms with Crippen molar-refractivity contribution in [3.63, 3.8) is 0 Å². The van der Waals surface area contributed by atoms with Crippen molar-refractivity contribution in [2.24, 2.45) is 17.1 Å². The minimum Gasteiger partial charge on any atom is -0.449 e. The van der Waals surface area contributed by atoms with Crippen molar-refractivity contribution in [3.8, 4) is 0 Å². The van der Waals surface area contributed by atoms with Gasteiger partial charge < -0.3 is 21.1 Å². The lowest BCUT2D eigenvalue weighted by atomic mass is 9.79. The molecule has 1 aliphatic heterocycles. The lowest BCUT2D eigenvalue weighted by Gasteiger charge is -2.38. The number of nitrogens with zero attached hydrogens (tertiary/aromatic N) is 3. The minimum atomic E-state index is -0.750. The molecule has 2 rings (SSSR count). The summed E-state index contributed by atoms with van der Waals surface area (Å²) in [6, 6.07) is 1.82. The first-order valence-corrected chi connectivity index (χ1v) is 7.55. The van der Waals surface area contributed by atoms with E-state index in [0.717, 1.165) is 13.0 Å². The van der Waals surface area contributed by atoms with Crippen LogP contribution in [0.1, 0.15) is 27.2 Å². The second kappa shape index (κ2) is 6.16. The zero-order chi connectivity index (χ0) is 16.5. The first kappa shape index (κ1) is 16.6. The van der Waals surface area contributed by atoms with Crippen LogP contribution in [0.15, 0.2) is 6.07 Å². The molecule has 1 fully saturated rings. The molecule has 0 aromatic carbocycles. The largest absolute Gasteiger partial charge is 0.449 e. The second-order valence-corrected chi connectivity index (χ2v) is 6.98. The van der Waals surface area contributed by atoms with Gasteiger partial charge in [-0.1, -0.05) is 32.4 Å². The molecular weight excluding hydrogens is 306 g/mol. The fraction of sp³-hybridized carbons (Fsp3) is 0.643. The molecule has 122 valence electrons. The van der Waals surface area contributed by atoms with Gasteiger partial charge in [-0.3, -0.25) is 0 Å². The highest BCUT2D eigenvalue weighted by Crippen LogP contribution is 2.39. The maximum Gasteiger partial charge on any atom is 0.404 e. The Kier molecular flexibility index (Phi) is 4.65. The fourth-order valence-corrected chi connectivity index (χ4v) is 3.41. The predicted octanol–water partition coefficient (Wildman–Crippen LogP) is 2.05. The second-order valence-electron chi connectivity index (χ2n) is 6.59. The third kappa shape index (κ3) is 3.71. The van der Waals surface area contributed by atoms with E-state index in [1.54, 1.807) is 6.07 Å². The maximum absolute atomic E-state index is 10.9. The van der Waals surface area contributed by atoms with Crippen LogP contribution in [0.3, 0.4) is 0 Å². The fourth-order valence-electron chi connectivity index (χ4n) is 3.22. The molecule has 1 saturated heterocycles. The third-order valence-electron chi connectivity index (χ3n) is 3.84. The monoisotopic (exact) mass is 327 g/mol. The summed E-state index contributed by atoms with van der Waals surface area (Å²) in [5, 5.41) is 0.312. The number of ether oxygens (including phenoxy) is 1. The Morgan fingerprint density at radius 2 is 2.18 bits per heavy atom. The normalized spacial score (nSPS) is 21.9. The molecule has 2 heterocycles. The summed E-state index contributed by atoms with van der Waals surface area (Å²) < 4.78 is 5.01. The van der Waals surface area contributed by atoms with Gasteiger partial charge in [-0.15, -0.1) is 0 Å². The van der Waals surface area contributed by atoms with Crippen molar-refractivity contribution in [2.75, 3.05) is 23.8 Å². The molecule has 1 aromatic heterocycles. The number of carbonyl (C=O) groups is 1. The van der Waals surface area contributed by atoms with Crippen LogP contribution >= 0.6 is 11.6 Å². The highest BCUT2D eigenvalue weighted by molar-refractivity contribution is 6.29. The van der Waals surface area contributed by atoms with E-state index in [9.17, 15) is 4.79 Å². The van der Waals surface area contributed by atoms with Crippen LogP contribution in [0.5, 0.6) is 0 Å². The predicted molar refractivity (Wildman–Crippen MR) is 85.7 cm³/mol. The molecule has 0 aliphatic carbocycles. The Bertz CT molecular complexity index is 540. The summed E-state index contributed by atoms with van der Waals surface area (Å²) in [5.74, 6) is 1.01. The van der Waals surface area contributed by atoms with Crippen LogP contribution in [0.25, 0.3) is 0 Å². The van der Waals surface area contributed by atoms with Gasteiger partial charge in [0.15, 0.2) is 0 Å². The molecule has 2 atom stereocenters. The van der Waals surface area contributed by atoms with Gasteiger partial charge in [0.25, 0.3) is 0 Å². The molecule has 0 spiro atoms. The van der Waals surface area contributed by atoms with Gasteiger partial charge in [-0.05, 0) is 11.8 Å². The van der Waals surface area contributed by atoms with Crippen LogP contribution in [-0.4, -0.2) is 35.3 Å². The summed E-state index contributed by atoms with van der Waals surface area (Å²) in [4.78, 5) is 21.2.